The van der Waals surface area contributed by atoms with Gasteiger partial charge in [-0.2, -0.15) is 0 Å². The molecule has 0 bridgehead atoms. The van der Waals surface area contributed by atoms with Gasteiger partial charge in [0, 0.05) is 0 Å². The Balaban J connectivity index is 1.89. The molecule has 0 amide bonds. The van der Waals surface area contributed by atoms with Crippen LogP contribution in [0, 0.1) is 23.3 Å². The van der Waals surface area contributed by atoms with Crippen LogP contribution in [0.3, 0.4) is 0 Å². The zero-order valence-electron chi connectivity index (χ0n) is 21.3. The number of benzene rings is 3. The van der Waals surface area contributed by atoms with Crippen LogP contribution in [-0.4, -0.2) is 6.71 Å². The van der Waals surface area contributed by atoms with Gasteiger partial charge in [-0.15, -0.1) is 0 Å². The molecule has 0 saturated heterocycles. The molecule has 2 aliphatic rings. The van der Waals surface area contributed by atoms with E-state index < -0.39 is 58.6 Å². The van der Waals surface area contributed by atoms with Crippen molar-refractivity contribution >= 4 is 35.3 Å². The summed E-state index contributed by atoms with van der Waals surface area (Å²) in [5.74, 6) is -8.20. The van der Waals surface area contributed by atoms with Gasteiger partial charge >= 0.3 is 221 Å². The molecule has 3 aromatic rings. The molecule has 0 heterocycles. The summed E-state index contributed by atoms with van der Waals surface area (Å²) in [4.78, 5) is 0. The molecule has 3 aromatic carbocycles. The van der Waals surface area contributed by atoms with E-state index in [1.807, 2.05) is 0 Å². The molecule has 0 aromatic heterocycles. The fourth-order valence-corrected chi connectivity index (χ4v) is 10.3. The Morgan fingerprint density at radius 2 is 0.921 bits per heavy atom. The second kappa shape index (κ2) is 10.7. The fraction of sp³-hybridized carbons (Fsp3) is 0.400. The van der Waals surface area contributed by atoms with Crippen molar-refractivity contribution in [3.8, 4) is 0 Å². The van der Waals surface area contributed by atoms with E-state index in [2.05, 4.69) is 0 Å². The van der Waals surface area contributed by atoms with Gasteiger partial charge in [-0.25, -0.2) is 0 Å². The van der Waals surface area contributed by atoms with Gasteiger partial charge in [0.25, 0.3) is 0 Å². The van der Waals surface area contributed by atoms with Crippen molar-refractivity contribution in [2.75, 3.05) is 0 Å². The van der Waals surface area contributed by atoms with Crippen molar-refractivity contribution in [2.24, 2.45) is 0 Å². The molecule has 5 rings (SSSR count). The normalized spacial score (nSPS) is 18.6. The summed E-state index contributed by atoms with van der Waals surface area (Å²) in [5.41, 5.74) is -0.629. The Morgan fingerprint density at radius 3 is 1.34 bits per heavy atom. The van der Waals surface area contributed by atoms with Crippen molar-refractivity contribution in [3.63, 3.8) is 0 Å². The molecule has 0 unspecified atom stereocenters. The van der Waals surface area contributed by atoms with E-state index in [4.69, 9.17) is 0 Å². The summed E-state index contributed by atoms with van der Waals surface area (Å²) >= 11 is 0. The second-order valence-electron chi connectivity index (χ2n) is 10.9. The minimum absolute atomic E-state index is 0.198. The molecule has 0 nitrogen and oxygen atoms in total. The van der Waals surface area contributed by atoms with Crippen LogP contribution in [0.5, 0.6) is 0 Å². The van der Waals surface area contributed by atoms with E-state index >= 15 is 26.0 Å². The second-order valence-corrected chi connectivity index (χ2v) is 14.2. The minimum atomic E-state index is -6.79. The van der Waals surface area contributed by atoms with Crippen molar-refractivity contribution in [1.29, 1.82) is 0 Å². The molecule has 38 heavy (non-hydrogen) atoms. The zero-order chi connectivity index (χ0) is 26.9. The maximum absolute atomic E-state index is 18.0. The zero-order valence-corrected chi connectivity index (χ0v) is 22.2. The summed E-state index contributed by atoms with van der Waals surface area (Å²) in [7, 11) is -6.79. The molecule has 202 valence electrons. The molecule has 8 heteroatoms. The third kappa shape index (κ3) is 4.49. The Labute approximate surface area is 221 Å². The summed E-state index contributed by atoms with van der Waals surface area (Å²) < 4.78 is 98.1. The first-order chi connectivity index (χ1) is 18.2. The van der Waals surface area contributed by atoms with Crippen LogP contribution in [0.4, 0.5) is 26.0 Å². The first-order valence-corrected chi connectivity index (χ1v) is 15.7. The average Bonchev–Trinajstić information content (AvgIpc) is 2.97. The van der Waals surface area contributed by atoms with Crippen molar-refractivity contribution in [2.45, 2.75) is 75.8 Å². The predicted octanol–water partition coefficient (Wildman–Crippen LogP) is 8.21. The van der Waals surface area contributed by atoms with Gasteiger partial charge in [-0.05, 0) is 0 Å². The summed E-state index contributed by atoms with van der Waals surface area (Å²) in [6, 6.07) is 13.5. The Morgan fingerprint density at radius 1 is 0.526 bits per heavy atom. The van der Waals surface area contributed by atoms with Crippen LogP contribution < -0.4 is 21.4 Å². The van der Waals surface area contributed by atoms with E-state index in [0.717, 1.165) is 38.5 Å². The quantitative estimate of drug-likeness (QED) is 0.0958. The van der Waals surface area contributed by atoms with Crippen LogP contribution >= 0.6 is 7.22 Å². The van der Waals surface area contributed by atoms with Crippen LogP contribution in [0.15, 0.2) is 60.7 Å². The molecule has 2 saturated carbocycles. The SMILES string of the molecule is Fc1c(F)c(F)c(P(F)(F)(c2ccccc2)c2ccccc2)c(B(C2CCCCC2)C2CCCCC2)c1F. The van der Waals surface area contributed by atoms with Crippen LogP contribution in [0.1, 0.15) is 64.2 Å². The molecule has 0 N–H and O–H groups in total. The van der Waals surface area contributed by atoms with E-state index in [-0.39, 0.29) is 11.6 Å². The van der Waals surface area contributed by atoms with Gasteiger partial charge in [0.1, 0.15) is 0 Å². The third-order valence-corrected chi connectivity index (χ3v) is 12.4. The number of hydrogen-bond acceptors (Lipinski definition) is 0. The van der Waals surface area contributed by atoms with Crippen molar-refractivity contribution < 1.29 is 26.0 Å². The summed E-state index contributed by atoms with van der Waals surface area (Å²) in [6.45, 7) is -0.810. The average molecular weight is 548 g/mol. The predicted molar refractivity (Wildman–Crippen MR) is 146 cm³/mol. The molecule has 2 fully saturated rings. The molecule has 0 spiro atoms. The van der Waals surface area contributed by atoms with Crippen LogP contribution in [-0.2, 0) is 0 Å². The Hall–Kier alpha value is -2.27. The Bertz CT molecular complexity index is 1210. The molecule has 0 atom stereocenters. The van der Waals surface area contributed by atoms with Gasteiger partial charge in [0.15, 0.2) is 0 Å². The van der Waals surface area contributed by atoms with Gasteiger partial charge in [-0.1, -0.05) is 0 Å². The van der Waals surface area contributed by atoms with Gasteiger partial charge in [0.2, 0.25) is 0 Å². The van der Waals surface area contributed by atoms with E-state index in [1.54, 1.807) is 12.1 Å². The van der Waals surface area contributed by atoms with E-state index in [9.17, 15) is 0 Å². The number of rotatable bonds is 6. The first kappa shape index (κ1) is 27.3. The third-order valence-electron chi connectivity index (χ3n) is 8.74. The van der Waals surface area contributed by atoms with E-state index in [1.165, 1.54) is 48.5 Å². The van der Waals surface area contributed by atoms with Crippen LogP contribution in [0.25, 0.3) is 0 Å². The molecule has 0 aliphatic heterocycles. The van der Waals surface area contributed by atoms with E-state index in [0.29, 0.717) is 25.7 Å². The van der Waals surface area contributed by atoms with Crippen molar-refractivity contribution in [1.82, 2.24) is 0 Å². The molecule has 2 aliphatic carbocycles. The number of halogens is 6. The summed E-state index contributed by atoms with van der Waals surface area (Å²) in [5, 5.41) is -2.26. The van der Waals surface area contributed by atoms with Gasteiger partial charge in [0.05, 0.1) is 0 Å². The van der Waals surface area contributed by atoms with Gasteiger partial charge in [-0.3, -0.25) is 0 Å². The topological polar surface area (TPSA) is 0 Å². The van der Waals surface area contributed by atoms with Gasteiger partial charge < -0.3 is 0 Å². The molecular formula is C30H32BF6P. The monoisotopic (exact) mass is 548 g/mol. The molecule has 0 radical (unpaired) electrons. The van der Waals surface area contributed by atoms with Crippen molar-refractivity contribution in [3.05, 3.63) is 83.9 Å². The van der Waals surface area contributed by atoms with Crippen LogP contribution in [0.2, 0.25) is 11.6 Å². The molecular weight excluding hydrogens is 516 g/mol. The summed E-state index contributed by atoms with van der Waals surface area (Å²) in [6.07, 6.45) is 8.05. The maximum atomic E-state index is 18.0. The number of hydrogen-bond donors (Lipinski definition) is 0. The Kier molecular flexibility index (Phi) is 7.70. The fourth-order valence-electron chi connectivity index (χ4n) is 6.95. The first-order valence-electron chi connectivity index (χ1n) is 13.7. The standard InChI is InChI=1S/C30H32BF6P/c32-26-25(31(21-13-5-1-6-14-21)22-15-7-2-8-16-22)30(29(35)28(34)27(26)33)38(36,37,23-17-9-3-10-18-23)24-19-11-4-12-20-24/h3-4,9-12,17-22H,1-2,5-8,13-16H2.